The molecule has 21 heavy (non-hydrogen) atoms. The van der Waals surface area contributed by atoms with E-state index < -0.39 is 0 Å². The van der Waals surface area contributed by atoms with Crippen LogP contribution < -0.4 is 5.73 Å². The van der Waals surface area contributed by atoms with Gasteiger partial charge in [0.05, 0.1) is 5.75 Å². The molecule has 1 amide bonds. The Balaban J connectivity index is 2.26. The van der Waals surface area contributed by atoms with Crippen LogP contribution in [0, 0.1) is 12.8 Å². The van der Waals surface area contributed by atoms with Crippen molar-refractivity contribution in [3.05, 3.63) is 35.4 Å². The Morgan fingerprint density at radius 3 is 2.71 bits per heavy atom. The maximum absolute atomic E-state index is 12.0. The molecule has 0 radical (unpaired) electrons. The van der Waals surface area contributed by atoms with Gasteiger partial charge in [0, 0.05) is 25.4 Å². The average molecular weight is 308 g/mol. The van der Waals surface area contributed by atoms with Crippen LogP contribution in [-0.4, -0.2) is 36.2 Å². The summed E-state index contributed by atoms with van der Waals surface area (Å²) < 4.78 is 0. The molecule has 1 aromatic carbocycles. The van der Waals surface area contributed by atoms with Crippen LogP contribution in [0.4, 0.5) is 0 Å². The zero-order chi connectivity index (χ0) is 15.8. The number of benzene rings is 1. The van der Waals surface area contributed by atoms with Gasteiger partial charge in [-0.05, 0) is 24.8 Å². The highest BCUT2D eigenvalue weighted by molar-refractivity contribution is 7.99. The van der Waals surface area contributed by atoms with E-state index in [1.165, 1.54) is 11.1 Å². The van der Waals surface area contributed by atoms with Gasteiger partial charge in [0.1, 0.15) is 0 Å². The van der Waals surface area contributed by atoms with E-state index in [0.29, 0.717) is 11.7 Å². The largest absolute Gasteiger partial charge is 0.345 e. The van der Waals surface area contributed by atoms with Crippen molar-refractivity contribution >= 4 is 17.7 Å². The minimum Gasteiger partial charge on any atom is -0.345 e. The number of thioether (sulfide) groups is 1. The van der Waals surface area contributed by atoms with Gasteiger partial charge in [-0.3, -0.25) is 4.79 Å². The van der Waals surface area contributed by atoms with Crippen LogP contribution in [0.5, 0.6) is 0 Å². The van der Waals surface area contributed by atoms with Crippen LogP contribution in [0.25, 0.3) is 0 Å². The van der Waals surface area contributed by atoms with Crippen LogP contribution in [0.2, 0.25) is 0 Å². The molecule has 0 aliphatic rings. The molecule has 1 rings (SSSR count). The molecule has 0 saturated carbocycles. The molecule has 1 aromatic rings. The lowest BCUT2D eigenvalue weighted by Crippen LogP contribution is -2.35. The molecule has 1 atom stereocenters. The van der Waals surface area contributed by atoms with Crippen molar-refractivity contribution < 1.29 is 4.79 Å². The summed E-state index contributed by atoms with van der Waals surface area (Å²) in [6, 6.07) is 8.59. The summed E-state index contributed by atoms with van der Waals surface area (Å²) in [4.78, 5) is 13.8. The van der Waals surface area contributed by atoms with Crippen LogP contribution in [0.3, 0.4) is 0 Å². The van der Waals surface area contributed by atoms with E-state index in [2.05, 4.69) is 45.0 Å². The molecule has 1 unspecified atom stereocenters. The van der Waals surface area contributed by atoms with Gasteiger partial charge in [-0.15, -0.1) is 11.8 Å². The molecule has 2 N–H and O–H groups in total. The second kappa shape index (κ2) is 9.11. The van der Waals surface area contributed by atoms with E-state index in [4.69, 9.17) is 5.73 Å². The molecule has 118 valence electrons. The molecular formula is C17H28N2OS. The van der Waals surface area contributed by atoms with E-state index >= 15 is 0 Å². The number of hydrogen-bond donors (Lipinski definition) is 1. The lowest BCUT2D eigenvalue weighted by molar-refractivity contribution is -0.127. The van der Waals surface area contributed by atoms with Gasteiger partial charge in [0.25, 0.3) is 0 Å². The first-order valence-corrected chi connectivity index (χ1v) is 8.68. The van der Waals surface area contributed by atoms with Gasteiger partial charge < -0.3 is 10.6 Å². The zero-order valence-electron chi connectivity index (χ0n) is 13.6. The molecule has 4 heteroatoms. The highest BCUT2D eigenvalue weighted by atomic mass is 32.2. The Kier molecular flexibility index (Phi) is 7.83. The number of carbonyl (C=O) groups excluding carboxylic acids is 1. The number of amides is 1. The van der Waals surface area contributed by atoms with Gasteiger partial charge >= 0.3 is 0 Å². The van der Waals surface area contributed by atoms with Crippen LogP contribution in [-0.2, 0) is 10.5 Å². The normalized spacial score (nSPS) is 12.5. The minimum atomic E-state index is 0.167. The van der Waals surface area contributed by atoms with Crippen LogP contribution in [0.15, 0.2) is 24.3 Å². The number of nitrogens with zero attached hydrogens (tertiary/aromatic N) is 1. The summed E-state index contributed by atoms with van der Waals surface area (Å²) in [5.41, 5.74) is 8.55. The maximum Gasteiger partial charge on any atom is 0.232 e. The summed E-state index contributed by atoms with van der Waals surface area (Å²) in [5, 5.41) is 0. The highest BCUT2D eigenvalue weighted by Gasteiger charge is 2.12. The summed E-state index contributed by atoms with van der Waals surface area (Å²) >= 11 is 1.67. The van der Waals surface area contributed by atoms with Crippen molar-refractivity contribution in [3.63, 3.8) is 0 Å². The Morgan fingerprint density at radius 1 is 1.38 bits per heavy atom. The monoisotopic (exact) mass is 308 g/mol. The lowest BCUT2D eigenvalue weighted by Gasteiger charge is -2.21. The average Bonchev–Trinajstić information content (AvgIpc) is 2.44. The summed E-state index contributed by atoms with van der Waals surface area (Å²) in [7, 11) is 1.86. The van der Waals surface area contributed by atoms with Crippen molar-refractivity contribution in [2.75, 3.05) is 19.3 Å². The SMILES string of the molecule is Cc1cccc(CSCC(=O)N(C)CCC(N)C(C)C)c1. The Hall–Kier alpha value is -1.00. The van der Waals surface area contributed by atoms with E-state index in [1.54, 1.807) is 16.7 Å². The molecule has 0 aromatic heterocycles. The van der Waals surface area contributed by atoms with Crippen LogP contribution in [0.1, 0.15) is 31.4 Å². The van der Waals surface area contributed by atoms with Crippen molar-refractivity contribution in [2.24, 2.45) is 11.7 Å². The van der Waals surface area contributed by atoms with Crippen molar-refractivity contribution in [3.8, 4) is 0 Å². The summed E-state index contributed by atoms with van der Waals surface area (Å²) in [6.45, 7) is 7.06. The quantitative estimate of drug-likeness (QED) is 0.803. The number of nitrogens with two attached hydrogens (primary N) is 1. The van der Waals surface area contributed by atoms with Gasteiger partial charge in [-0.25, -0.2) is 0 Å². The van der Waals surface area contributed by atoms with E-state index in [1.807, 2.05) is 7.05 Å². The molecular weight excluding hydrogens is 280 g/mol. The first kappa shape index (κ1) is 18.1. The second-order valence-electron chi connectivity index (χ2n) is 5.99. The van der Waals surface area contributed by atoms with E-state index in [0.717, 1.165) is 18.7 Å². The topological polar surface area (TPSA) is 46.3 Å². The van der Waals surface area contributed by atoms with Gasteiger partial charge in [0.2, 0.25) is 5.91 Å². The summed E-state index contributed by atoms with van der Waals surface area (Å²) in [5.74, 6) is 2.06. The van der Waals surface area contributed by atoms with Gasteiger partial charge in [-0.2, -0.15) is 0 Å². The smallest absolute Gasteiger partial charge is 0.232 e. The molecule has 0 spiro atoms. The van der Waals surface area contributed by atoms with Crippen LogP contribution >= 0.6 is 11.8 Å². The van der Waals surface area contributed by atoms with Crippen molar-refractivity contribution in [1.29, 1.82) is 0 Å². The summed E-state index contributed by atoms with van der Waals surface area (Å²) in [6.07, 6.45) is 0.864. The predicted octanol–water partition coefficient (Wildman–Crippen LogP) is 3.06. The molecule has 0 saturated heterocycles. The van der Waals surface area contributed by atoms with Gasteiger partial charge in [0.15, 0.2) is 0 Å². The third kappa shape index (κ3) is 7.00. The fourth-order valence-electron chi connectivity index (χ4n) is 1.97. The molecule has 3 nitrogen and oxygen atoms in total. The number of rotatable bonds is 8. The van der Waals surface area contributed by atoms with Gasteiger partial charge in [-0.1, -0.05) is 43.7 Å². The fourth-order valence-corrected chi connectivity index (χ4v) is 2.88. The van der Waals surface area contributed by atoms with E-state index in [9.17, 15) is 4.79 Å². The standard InChI is InChI=1S/C17H28N2OS/c1-13(2)16(18)8-9-19(4)17(20)12-21-11-15-7-5-6-14(3)10-15/h5-7,10,13,16H,8-9,11-12,18H2,1-4H3. The second-order valence-corrected chi connectivity index (χ2v) is 6.98. The van der Waals surface area contributed by atoms with Crippen molar-refractivity contribution in [1.82, 2.24) is 4.90 Å². The first-order chi connectivity index (χ1) is 9.90. The third-order valence-electron chi connectivity index (χ3n) is 3.66. The van der Waals surface area contributed by atoms with Crippen molar-refractivity contribution in [2.45, 2.75) is 39.0 Å². The number of aryl methyl sites for hydroxylation is 1. The third-order valence-corrected chi connectivity index (χ3v) is 4.65. The predicted molar refractivity (Wildman–Crippen MR) is 92.4 cm³/mol. The molecule has 0 heterocycles. The Morgan fingerprint density at radius 2 is 2.10 bits per heavy atom. The molecule has 0 aliphatic carbocycles. The number of carbonyl (C=O) groups is 1. The highest BCUT2D eigenvalue weighted by Crippen LogP contribution is 2.14. The fraction of sp³-hybridized carbons (Fsp3) is 0.588. The Bertz CT molecular complexity index is 448. The zero-order valence-corrected chi connectivity index (χ0v) is 14.5. The first-order valence-electron chi connectivity index (χ1n) is 7.53. The molecule has 0 fully saturated rings. The maximum atomic E-state index is 12.0. The molecule has 0 aliphatic heterocycles. The molecule has 0 bridgehead atoms. The Labute approximate surface area is 133 Å². The minimum absolute atomic E-state index is 0.167. The lowest BCUT2D eigenvalue weighted by atomic mass is 10.0. The van der Waals surface area contributed by atoms with E-state index in [-0.39, 0.29) is 11.9 Å². The number of hydrogen-bond acceptors (Lipinski definition) is 3.